The second kappa shape index (κ2) is 3.55. The summed E-state index contributed by atoms with van der Waals surface area (Å²) in [6, 6.07) is 3.63. The van der Waals surface area contributed by atoms with Crippen LogP contribution in [-0.2, 0) is 0 Å². The van der Waals surface area contributed by atoms with Crippen molar-refractivity contribution >= 4 is 22.9 Å². The van der Waals surface area contributed by atoms with E-state index in [-0.39, 0.29) is 0 Å². The van der Waals surface area contributed by atoms with Gasteiger partial charge in [-0.25, -0.2) is 9.97 Å². The van der Waals surface area contributed by atoms with E-state index in [1.807, 2.05) is 11.4 Å². The Balaban J connectivity index is 2.42. The Kier molecular flexibility index (Phi) is 2.24. The molecule has 0 aliphatic heterocycles. The third kappa shape index (κ3) is 1.49. The van der Waals surface area contributed by atoms with E-state index in [1.165, 1.54) is 11.3 Å². The van der Waals surface area contributed by atoms with Crippen LogP contribution in [0.3, 0.4) is 0 Å². The Morgan fingerprint density at radius 1 is 1.36 bits per heavy atom. The number of nitrogens with two attached hydrogens (primary N) is 2. The summed E-state index contributed by atoms with van der Waals surface area (Å²) in [5.74, 6) is 0.431. The van der Waals surface area contributed by atoms with Gasteiger partial charge in [0.15, 0.2) is 5.01 Å². The van der Waals surface area contributed by atoms with E-state index in [9.17, 15) is 0 Å². The van der Waals surface area contributed by atoms with Crippen LogP contribution in [0.1, 0.15) is 10.6 Å². The number of thiazole rings is 1. The number of hydrogen-bond donors (Lipinski definition) is 2. The van der Waals surface area contributed by atoms with E-state index in [0.717, 1.165) is 10.6 Å². The van der Waals surface area contributed by atoms with Gasteiger partial charge in [0.05, 0.1) is 5.56 Å². The fourth-order valence-corrected chi connectivity index (χ4v) is 1.73. The highest BCUT2D eigenvalue weighted by Crippen LogP contribution is 2.13. The number of pyridine rings is 1. The number of rotatable bonds is 2. The highest BCUT2D eigenvalue weighted by Gasteiger charge is 2.15. The van der Waals surface area contributed by atoms with Gasteiger partial charge in [-0.1, -0.05) is 0 Å². The standard InChI is InChI=1S/C9H8N4S/c10-7(9-13-4-5-14-9)6-2-1-3-12-8(6)11/h1-5,10H,(H2,11,12)/p+1. The third-order valence-corrected chi connectivity index (χ3v) is 2.60. The highest BCUT2D eigenvalue weighted by atomic mass is 32.1. The molecule has 0 aliphatic rings. The van der Waals surface area contributed by atoms with Crippen molar-refractivity contribution in [1.82, 2.24) is 9.97 Å². The summed E-state index contributed by atoms with van der Waals surface area (Å²) in [5, 5.41) is 8.54. The Morgan fingerprint density at radius 3 is 2.86 bits per heavy atom. The van der Waals surface area contributed by atoms with Crippen molar-refractivity contribution in [3.63, 3.8) is 0 Å². The molecule has 0 fully saturated rings. The van der Waals surface area contributed by atoms with Gasteiger partial charge < -0.3 is 5.73 Å². The summed E-state index contributed by atoms with van der Waals surface area (Å²) in [6.07, 6.45) is 3.34. The van der Waals surface area contributed by atoms with Gasteiger partial charge >= 0.3 is 0 Å². The van der Waals surface area contributed by atoms with Crippen LogP contribution in [0.5, 0.6) is 0 Å². The summed E-state index contributed by atoms with van der Waals surface area (Å²) in [4.78, 5) is 8.07. The zero-order valence-corrected chi connectivity index (χ0v) is 8.16. The quantitative estimate of drug-likeness (QED) is 0.662. The van der Waals surface area contributed by atoms with Crippen LogP contribution in [0.2, 0.25) is 0 Å². The van der Waals surface area contributed by atoms with Gasteiger partial charge in [0.25, 0.3) is 0 Å². The van der Waals surface area contributed by atoms with Crippen molar-refractivity contribution in [1.29, 1.82) is 0 Å². The molecule has 0 saturated carbocycles. The lowest BCUT2D eigenvalue weighted by Gasteiger charge is -1.98. The van der Waals surface area contributed by atoms with Crippen molar-refractivity contribution in [2.75, 3.05) is 5.73 Å². The van der Waals surface area contributed by atoms with Gasteiger partial charge in [0, 0.05) is 17.8 Å². The van der Waals surface area contributed by atoms with E-state index in [4.69, 9.17) is 11.1 Å². The molecule has 0 radical (unpaired) electrons. The summed E-state index contributed by atoms with van der Waals surface area (Å²) < 4.78 is 0. The lowest BCUT2D eigenvalue weighted by atomic mass is 10.1. The van der Waals surface area contributed by atoms with Crippen LogP contribution in [-0.4, -0.2) is 15.7 Å². The number of nitrogens with zero attached hydrogens (tertiary/aromatic N) is 2. The van der Waals surface area contributed by atoms with Gasteiger partial charge in [-0.15, -0.1) is 11.3 Å². The molecule has 0 bridgehead atoms. The minimum atomic E-state index is 0.431. The minimum absolute atomic E-state index is 0.431. The number of hydrogen-bond acceptors (Lipinski definition) is 4. The molecule has 4 nitrogen and oxygen atoms in total. The van der Waals surface area contributed by atoms with Crippen LogP contribution in [0, 0.1) is 0 Å². The van der Waals surface area contributed by atoms with Crippen LogP contribution >= 0.6 is 11.3 Å². The molecule has 0 aliphatic carbocycles. The van der Waals surface area contributed by atoms with E-state index in [0.29, 0.717) is 11.5 Å². The molecule has 0 unspecified atom stereocenters. The molecule has 2 rings (SSSR count). The number of aromatic nitrogens is 2. The normalized spacial score (nSPS) is 10.0. The molecular weight excluding hydrogens is 196 g/mol. The largest absolute Gasteiger partial charge is 0.383 e. The fourth-order valence-electron chi connectivity index (χ4n) is 1.12. The van der Waals surface area contributed by atoms with E-state index >= 15 is 0 Å². The molecule has 14 heavy (non-hydrogen) atoms. The number of anilines is 1. The first kappa shape index (κ1) is 8.83. The lowest BCUT2D eigenvalue weighted by Crippen LogP contribution is -2.41. The Hall–Kier alpha value is -1.75. The maximum Gasteiger partial charge on any atom is 0.244 e. The molecule has 0 saturated heterocycles. The molecule has 4 N–H and O–H groups in total. The van der Waals surface area contributed by atoms with Crippen molar-refractivity contribution in [2.24, 2.45) is 0 Å². The summed E-state index contributed by atoms with van der Waals surface area (Å²) >= 11 is 1.48. The fraction of sp³-hybridized carbons (Fsp3) is 0. The Morgan fingerprint density at radius 2 is 2.21 bits per heavy atom. The first-order valence-electron chi connectivity index (χ1n) is 4.02. The predicted molar refractivity (Wildman–Crippen MR) is 55.9 cm³/mol. The predicted octanol–water partition coefficient (Wildman–Crippen LogP) is -0.283. The number of nitrogen functional groups attached to an aromatic ring is 1. The van der Waals surface area contributed by atoms with E-state index in [1.54, 1.807) is 18.5 Å². The Labute approximate surface area is 85.0 Å². The molecule has 0 aromatic carbocycles. The zero-order valence-electron chi connectivity index (χ0n) is 7.34. The monoisotopic (exact) mass is 205 g/mol. The summed E-state index contributed by atoms with van der Waals surface area (Å²) in [7, 11) is 0. The SMILES string of the molecule is Nc1ncccc1C(=[NH2+])c1nccs1. The molecule has 5 heteroatoms. The smallest absolute Gasteiger partial charge is 0.244 e. The van der Waals surface area contributed by atoms with Crippen LogP contribution in [0.15, 0.2) is 29.9 Å². The molecule has 2 heterocycles. The third-order valence-electron chi connectivity index (χ3n) is 1.79. The van der Waals surface area contributed by atoms with Crippen molar-refractivity contribution in [2.45, 2.75) is 0 Å². The van der Waals surface area contributed by atoms with Gasteiger partial charge in [0.2, 0.25) is 5.71 Å². The second-order valence-electron chi connectivity index (χ2n) is 2.69. The van der Waals surface area contributed by atoms with Crippen LogP contribution < -0.4 is 11.1 Å². The van der Waals surface area contributed by atoms with Gasteiger partial charge in [-0.05, 0) is 12.1 Å². The van der Waals surface area contributed by atoms with E-state index in [2.05, 4.69) is 9.97 Å². The first-order chi connectivity index (χ1) is 6.79. The maximum absolute atomic E-state index is 5.91. The van der Waals surface area contributed by atoms with Crippen LogP contribution in [0.25, 0.3) is 0 Å². The Bertz CT molecular complexity index is 450. The van der Waals surface area contributed by atoms with Crippen molar-refractivity contribution in [3.8, 4) is 0 Å². The van der Waals surface area contributed by atoms with Gasteiger partial charge in [0.1, 0.15) is 5.82 Å². The average molecular weight is 205 g/mol. The zero-order chi connectivity index (χ0) is 9.97. The molecule has 2 aromatic heterocycles. The maximum atomic E-state index is 5.91. The molecule has 2 aromatic rings. The van der Waals surface area contributed by atoms with Gasteiger partial charge in [-0.2, -0.15) is 0 Å². The molecule has 70 valence electrons. The van der Waals surface area contributed by atoms with Gasteiger partial charge in [-0.3, -0.25) is 5.41 Å². The summed E-state index contributed by atoms with van der Waals surface area (Å²) in [6.45, 7) is 0. The van der Waals surface area contributed by atoms with Crippen molar-refractivity contribution < 1.29 is 5.41 Å². The molecule has 0 amide bonds. The molecule has 0 spiro atoms. The van der Waals surface area contributed by atoms with Crippen molar-refractivity contribution in [3.05, 3.63) is 40.5 Å². The highest BCUT2D eigenvalue weighted by molar-refractivity contribution is 7.11. The molecular formula is C9H9N4S+. The summed E-state index contributed by atoms with van der Waals surface area (Å²) in [5.41, 5.74) is 7.01. The second-order valence-corrected chi connectivity index (χ2v) is 3.58. The minimum Gasteiger partial charge on any atom is -0.383 e. The molecule has 0 atom stereocenters. The van der Waals surface area contributed by atoms with Crippen LogP contribution in [0.4, 0.5) is 5.82 Å². The topological polar surface area (TPSA) is 77.4 Å². The average Bonchev–Trinajstić information content (AvgIpc) is 2.70. The lowest BCUT2D eigenvalue weighted by molar-refractivity contribution is -0.111. The van der Waals surface area contributed by atoms with E-state index < -0.39 is 0 Å². The first-order valence-corrected chi connectivity index (χ1v) is 4.90.